The van der Waals surface area contributed by atoms with E-state index < -0.39 is 17.7 Å². The van der Waals surface area contributed by atoms with Crippen LogP contribution in [0.3, 0.4) is 0 Å². The third kappa shape index (κ3) is 5.65. The average molecular weight is 429 g/mol. The first kappa shape index (κ1) is 23.7. The first-order chi connectivity index (χ1) is 14.0. The van der Waals surface area contributed by atoms with Crippen molar-refractivity contribution in [2.75, 3.05) is 27.2 Å². The molecule has 0 bridgehead atoms. The van der Waals surface area contributed by atoms with Gasteiger partial charge in [0, 0.05) is 38.3 Å². The Labute approximate surface area is 180 Å². The van der Waals surface area contributed by atoms with Gasteiger partial charge in [-0.05, 0) is 64.1 Å². The summed E-state index contributed by atoms with van der Waals surface area (Å²) in [5, 5.41) is 9.64. The highest BCUT2D eigenvalue weighted by Crippen LogP contribution is 2.48. The highest BCUT2D eigenvalue weighted by atomic mass is 17.4. The molecule has 0 aromatic rings. The molecule has 1 saturated heterocycles. The van der Waals surface area contributed by atoms with Crippen molar-refractivity contribution >= 4 is 6.09 Å². The van der Waals surface area contributed by atoms with E-state index in [0.717, 1.165) is 38.6 Å². The maximum Gasteiger partial charge on any atom is 0.407 e. The number of hydrogen-bond donors (Lipinski definition) is 1. The molecule has 174 valence electrons. The van der Waals surface area contributed by atoms with Crippen LogP contribution in [-0.4, -0.2) is 65.8 Å². The molecule has 30 heavy (non-hydrogen) atoms. The maximum absolute atomic E-state index is 11.7. The summed E-state index contributed by atoms with van der Waals surface area (Å²) in [6, 6.07) is -0.0272. The maximum atomic E-state index is 11.7. The molecule has 0 atom stereocenters. The smallest absolute Gasteiger partial charge is 0.407 e. The van der Waals surface area contributed by atoms with Crippen molar-refractivity contribution < 1.29 is 29.5 Å². The molecule has 2 spiro atoms. The van der Waals surface area contributed by atoms with Crippen LogP contribution in [0.1, 0.15) is 78.6 Å². The van der Waals surface area contributed by atoms with E-state index >= 15 is 0 Å². The van der Waals surface area contributed by atoms with Crippen molar-refractivity contribution in [2.24, 2.45) is 11.3 Å². The van der Waals surface area contributed by atoms with Gasteiger partial charge in [-0.1, -0.05) is 20.8 Å². The van der Waals surface area contributed by atoms with Crippen LogP contribution in [0.15, 0.2) is 0 Å². The van der Waals surface area contributed by atoms with Gasteiger partial charge in [0.1, 0.15) is 0 Å². The van der Waals surface area contributed by atoms with Gasteiger partial charge < -0.3 is 14.9 Å². The molecule has 3 fully saturated rings. The summed E-state index contributed by atoms with van der Waals surface area (Å²) in [7, 11) is 3.99. The van der Waals surface area contributed by atoms with Gasteiger partial charge in [-0.2, -0.15) is 19.6 Å². The van der Waals surface area contributed by atoms with Crippen molar-refractivity contribution in [1.82, 2.24) is 9.80 Å². The van der Waals surface area contributed by atoms with E-state index in [1.165, 1.54) is 0 Å². The van der Waals surface area contributed by atoms with E-state index in [0.29, 0.717) is 38.1 Å². The summed E-state index contributed by atoms with van der Waals surface area (Å²) in [5.41, 5.74) is 0.278. The van der Waals surface area contributed by atoms with Crippen LogP contribution in [0.25, 0.3) is 0 Å². The summed E-state index contributed by atoms with van der Waals surface area (Å²) in [5.74, 6) is -1.09. The number of carboxylic acid groups (broad SMARTS) is 1. The van der Waals surface area contributed by atoms with Crippen molar-refractivity contribution in [1.29, 1.82) is 0 Å². The summed E-state index contributed by atoms with van der Waals surface area (Å²) in [6.07, 6.45) is 5.95. The zero-order valence-corrected chi connectivity index (χ0v) is 19.3. The average Bonchev–Trinajstić information content (AvgIpc) is 2.68. The van der Waals surface area contributed by atoms with Gasteiger partial charge in [0.15, 0.2) is 0 Å². The molecular weight excluding hydrogens is 388 g/mol. The number of hydrogen-bond acceptors (Lipinski definition) is 6. The van der Waals surface area contributed by atoms with Gasteiger partial charge in [0.05, 0.1) is 0 Å². The second kappa shape index (κ2) is 9.28. The minimum Gasteiger partial charge on any atom is -0.465 e. The van der Waals surface area contributed by atoms with Crippen molar-refractivity contribution in [2.45, 2.75) is 96.2 Å². The van der Waals surface area contributed by atoms with Crippen LogP contribution in [-0.2, 0) is 19.6 Å². The molecule has 2 saturated carbocycles. The predicted octanol–water partition coefficient (Wildman–Crippen LogP) is 4.40. The Hall–Kier alpha value is -0.930. The minimum absolute atomic E-state index is 0.0272. The van der Waals surface area contributed by atoms with Gasteiger partial charge in [-0.15, -0.1) is 0 Å². The third-order valence-corrected chi connectivity index (χ3v) is 7.07. The molecule has 0 radical (unpaired) electrons. The van der Waals surface area contributed by atoms with E-state index in [-0.39, 0.29) is 11.5 Å². The molecule has 8 heteroatoms. The number of rotatable bonds is 5. The molecule has 0 aromatic carbocycles. The van der Waals surface area contributed by atoms with E-state index in [2.05, 4.69) is 25.7 Å². The fourth-order valence-electron chi connectivity index (χ4n) is 4.93. The normalized spacial score (nSPS) is 35.1. The fourth-order valence-corrected chi connectivity index (χ4v) is 4.93. The Bertz CT molecular complexity index is 563. The predicted molar refractivity (Wildman–Crippen MR) is 111 cm³/mol. The van der Waals surface area contributed by atoms with Crippen LogP contribution in [0, 0.1) is 11.3 Å². The topological polar surface area (TPSA) is 80.7 Å². The molecule has 1 amide bonds. The molecule has 0 aromatic heterocycles. The lowest BCUT2D eigenvalue weighted by atomic mass is 9.71. The first-order valence-corrected chi connectivity index (χ1v) is 11.4. The van der Waals surface area contributed by atoms with Gasteiger partial charge in [-0.3, -0.25) is 0 Å². The molecule has 1 aliphatic heterocycles. The lowest BCUT2D eigenvalue weighted by molar-refractivity contribution is -0.663. The van der Waals surface area contributed by atoms with E-state index in [1.807, 2.05) is 14.1 Å². The van der Waals surface area contributed by atoms with Crippen LogP contribution in [0.5, 0.6) is 0 Å². The number of amides is 1. The Morgan fingerprint density at radius 3 is 1.77 bits per heavy atom. The largest absolute Gasteiger partial charge is 0.465 e. The highest BCUT2D eigenvalue weighted by molar-refractivity contribution is 5.65. The third-order valence-electron chi connectivity index (χ3n) is 7.07. The SMILES string of the molecule is CN(C)CCCN(C(=O)O)C1CCC2(CC1)OOC1(CCC(C(C)(C)C)CC1)OO2. The Morgan fingerprint density at radius 1 is 0.900 bits per heavy atom. The summed E-state index contributed by atoms with van der Waals surface area (Å²) in [6.45, 7) is 8.24. The van der Waals surface area contributed by atoms with Gasteiger partial charge in [-0.25, -0.2) is 4.79 Å². The summed E-state index contributed by atoms with van der Waals surface area (Å²) < 4.78 is 0. The zero-order chi connectivity index (χ0) is 22.0. The molecule has 3 rings (SSSR count). The highest BCUT2D eigenvalue weighted by Gasteiger charge is 2.52. The van der Waals surface area contributed by atoms with Crippen LogP contribution in [0.4, 0.5) is 4.79 Å². The standard InChI is InChI=1S/C22H40N2O6/c1-20(2,3)17-7-11-21(12-8-17)27-29-22(30-28-21)13-9-18(10-14-22)24(19(25)26)16-6-15-23(4)5/h17-18H,6-16H2,1-5H3,(H,25,26). The van der Waals surface area contributed by atoms with Gasteiger partial charge in [0.2, 0.25) is 11.6 Å². The summed E-state index contributed by atoms with van der Waals surface area (Å²) in [4.78, 5) is 38.6. The van der Waals surface area contributed by atoms with E-state index in [9.17, 15) is 9.90 Å². The Kier molecular flexibility index (Phi) is 7.34. The lowest BCUT2D eigenvalue weighted by Crippen LogP contribution is -2.55. The fraction of sp³-hybridized carbons (Fsp3) is 0.955. The molecular formula is C22H40N2O6. The Morgan fingerprint density at radius 2 is 1.37 bits per heavy atom. The number of nitrogens with zero attached hydrogens (tertiary/aromatic N) is 2. The lowest BCUT2D eigenvalue weighted by Gasteiger charge is -2.49. The second-order valence-electron chi connectivity index (χ2n) is 10.7. The molecule has 2 aliphatic carbocycles. The first-order valence-electron chi connectivity index (χ1n) is 11.4. The molecule has 8 nitrogen and oxygen atoms in total. The Balaban J connectivity index is 1.48. The van der Waals surface area contributed by atoms with Crippen LogP contribution in [0.2, 0.25) is 0 Å². The van der Waals surface area contributed by atoms with Gasteiger partial charge in [0.25, 0.3) is 0 Å². The van der Waals surface area contributed by atoms with Crippen molar-refractivity contribution in [3.8, 4) is 0 Å². The van der Waals surface area contributed by atoms with E-state index in [1.54, 1.807) is 4.90 Å². The molecule has 0 unspecified atom stereocenters. The zero-order valence-electron chi connectivity index (χ0n) is 19.3. The molecule has 3 aliphatic rings. The van der Waals surface area contributed by atoms with Gasteiger partial charge >= 0.3 is 6.09 Å². The van der Waals surface area contributed by atoms with E-state index in [4.69, 9.17) is 19.6 Å². The molecule has 1 N–H and O–H groups in total. The van der Waals surface area contributed by atoms with Crippen molar-refractivity contribution in [3.05, 3.63) is 0 Å². The molecule has 1 heterocycles. The minimum atomic E-state index is -0.920. The monoisotopic (exact) mass is 428 g/mol. The number of carbonyl (C=O) groups is 1. The second-order valence-corrected chi connectivity index (χ2v) is 10.7. The quantitative estimate of drug-likeness (QED) is 0.650. The van der Waals surface area contributed by atoms with Crippen LogP contribution < -0.4 is 0 Å². The van der Waals surface area contributed by atoms with Crippen LogP contribution >= 0.6 is 0 Å². The summed E-state index contributed by atoms with van der Waals surface area (Å²) >= 11 is 0. The van der Waals surface area contributed by atoms with Crippen molar-refractivity contribution in [3.63, 3.8) is 0 Å².